The number of esters is 1. The van der Waals surface area contributed by atoms with E-state index < -0.39 is 35.2 Å². The third kappa shape index (κ3) is 2.66. The highest BCUT2D eigenvalue weighted by molar-refractivity contribution is 5.88. The van der Waals surface area contributed by atoms with E-state index in [1.165, 1.54) is 6.92 Å². The second kappa shape index (κ2) is 5.51. The van der Waals surface area contributed by atoms with Gasteiger partial charge in [-0.05, 0) is 6.92 Å². The standard InChI is InChI=1S/C10H10F3NO3/c1-3-17-10(15)8-7(11)6(9(12)13)5(16-2)4-14-8/h4,9H,3H2,1-2H3. The maximum absolute atomic E-state index is 13.6. The van der Waals surface area contributed by atoms with E-state index in [0.717, 1.165) is 13.3 Å². The first-order valence-corrected chi connectivity index (χ1v) is 4.70. The van der Waals surface area contributed by atoms with E-state index in [0.29, 0.717) is 0 Å². The summed E-state index contributed by atoms with van der Waals surface area (Å²) in [5.74, 6) is -2.92. The molecule has 0 saturated carbocycles. The molecule has 0 bridgehead atoms. The molecule has 1 rings (SSSR count). The van der Waals surface area contributed by atoms with Gasteiger partial charge in [0.1, 0.15) is 5.75 Å². The van der Waals surface area contributed by atoms with Crippen molar-refractivity contribution < 1.29 is 27.4 Å². The predicted molar refractivity (Wildman–Crippen MR) is 51.7 cm³/mol. The predicted octanol–water partition coefficient (Wildman–Crippen LogP) is 2.34. The molecule has 0 spiro atoms. The average molecular weight is 249 g/mol. The zero-order chi connectivity index (χ0) is 13.0. The van der Waals surface area contributed by atoms with Crippen LogP contribution in [0.3, 0.4) is 0 Å². The van der Waals surface area contributed by atoms with Gasteiger partial charge in [0.05, 0.1) is 25.5 Å². The SMILES string of the molecule is CCOC(=O)c1ncc(OC)c(C(F)F)c1F. The van der Waals surface area contributed by atoms with Gasteiger partial charge in [0.15, 0.2) is 11.5 Å². The largest absolute Gasteiger partial charge is 0.495 e. The third-order valence-electron chi connectivity index (χ3n) is 1.93. The van der Waals surface area contributed by atoms with Crippen molar-refractivity contribution in [1.82, 2.24) is 4.98 Å². The topological polar surface area (TPSA) is 48.4 Å². The monoisotopic (exact) mass is 249 g/mol. The van der Waals surface area contributed by atoms with E-state index in [2.05, 4.69) is 14.5 Å². The molecule has 0 aliphatic heterocycles. The number of hydrogen-bond donors (Lipinski definition) is 0. The maximum Gasteiger partial charge on any atom is 0.360 e. The van der Waals surface area contributed by atoms with Crippen molar-refractivity contribution in [2.24, 2.45) is 0 Å². The third-order valence-corrected chi connectivity index (χ3v) is 1.93. The highest BCUT2D eigenvalue weighted by Crippen LogP contribution is 2.31. The molecule has 0 N–H and O–H groups in total. The van der Waals surface area contributed by atoms with Crippen LogP contribution >= 0.6 is 0 Å². The van der Waals surface area contributed by atoms with Gasteiger partial charge in [-0.15, -0.1) is 0 Å². The fourth-order valence-corrected chi connectivity index (χ4v) is 1.19. The summed E-state index contributed by atoms with van der Waals surface area (Å²) >= 11 is 0. The fraction of sp³-hybridized carbons (Fsp3) is 0.400. The van der Waals surface area contributed by atoms with Crippen LogP contribution in [0.1, 0.15) is 29.4 Å². The van der Waals surface area contributed by atoms with Crippen LogP contribution in [0.4, 0.5) is 13.2 Å². The Morgan fingerprint density at radius 3 is 2.65 bits per heavy atom. The minimum Gasteiger partial charge on any atom is -0.495 e. The molecular weight excluding hydrogens is 239 g/mol. The van der Waals surface area contributed by atoms with Crippen molar-refractivity contribution in [1.29, 1.82) is 0 Å². The summed E-state index contributed by atoms with van der Waals surface area (Å²) in [6, 6.07) is 0. The van der Waals surface area contributed by atoms with E-state index in [4.69, 9.17) is 0 Å². The molecule has 17 heavy (non-hydrogen) atoms. The number of nitrogens with zero attached hydrogens (tertiary/aromatic N) is 1. The van der Waals surface area contributed by atoms with Gasteiger partial charge < -0.3 is 9.47 Å². The number of aromatic nitrogens is 1. The number of pyridine rings is 1. The Balaban J connectivity index is 3.27. The molecular formula is C10H10F3NO3. The molecule has 0 fully saturated rings. The van der Waals surface area contributed by atoms with Gasteiger partial charge in [-0.2, -0.15) is 0 Å². The number of methoxy groups -OCH3 is 1. The summed E-state index contributed by atoms with van der Waals surface area (Å²) < 4.78 is 47.9. The quantitative estimate of drug-likeness (QED) is 0.768. The van der Waals surface area contributed by atoms with Crippen LogP contribution in [-0.2, 0) is 4.74 Å². The lowest BCUT2D eigenvalue weighted by atomic mass is 10.2. The van der Waals surface area contributed by atoms with E-state index in [-0.39, 0.29) is 6.61 Å². The van der Waals surface area contributed by atoms with Gasteiger partial charge in [0, 0.05) is 0 Å². The smallest absolute Gasteiger partial charge is 0.360 e. The fourth-order valence-electron chi connectivity index (χ4n) is 1.19. The molecule has 1 aromatic rings. The van der Waals surface area contributed by atoms with Gasteiger partial charge in [0.2, 0.25) is 0 Å². The van der Waals surface area contributed by atoms with Gasteiger partial charge in [0.25, 0.3) is 6.43 Å². The number of hydrogen-bond acceptors (Lipinski definition) is 4. The van der Waals surface area contributed by atoms with E-state index in [1.54, 1.807) is 0 Å². The Hall–Kier alpha value is -1.79. The van der Waals surface area contributed by atoms with Gasteiger partial charge in [-0.1, -0.05) is 0 Å². The molecule has 0 atom stereocenters. The lowest BCUT2D eigenvalue weighted by Gasteiger charge is -2.10. The summed E-state index contributed by atoms with van der Waals surface area (Å²) in [7, 11) is 1.10. The second-order valence-corrected chi connectivity index (χ2v) is 2.92. The molecule has 7 heteroatoms. The van der Waals surface area contributed by atoms with Gasteiger partial charge in [-0.25, -0.2) is 22.9 Å². The Labute approximate surface area is 95.4 Å². The van der Waals surface area contributed by atoms with Crippen LogP contribution in [0.15, 0.2) is 6.20 Å². The summed E-state index contributed by atoms with van der Waals surface area (Å²) in [5, 5.41) is 0. The molecule has 0 aliphatic carbocycles. The Bertz CT molecular complexity index is 424. The molecule has 1 aromatic heterocycles. The second-order valence-electron chi connectivity index (χ2n) is 2.92. The van der Waals surface area contributed by atoms with Crippen molar-refractivity contribution >= 4 is 5.97 Å². The molecule has 0 saturated heterocycles. The molecule has 0 aromatic carbocycles. The van der Waals surface area contributed by atoms with Crippen LogP contribution in [0.25, 0.3) is 0 Å². The molecule has 0 unspecified atom stereocenters. The molecule has 0 aliphatic rings. The zero-order valence-electron chi connectivity index (χ0n) is 9.17. The first-order chi connectivity index (χ1) is 8.02. The van der Waals surface area contributed by atoms with Gasteiger partial charge in [-0.3, -0.25) is 0 Å². The molecule has 4 nitrogen and oxygen atoms in total. The average Bonchev–Trinajstić information content (AvgIpc) is 2.27. The number of halogens is 3. The minimum absolute atomic E-state index is 0.00397. The molecule has 0 amide bonds. The van der Waals surface area contributed by atoms with Crippen LogP contribution < -0.4 is 4.74 Å². The zero-order valence-corrected chi connectivity index (χ0v) is 9.17. The van der Waals surface area contributed by atoms with Crippen molar-refractivity contribution in [3.63, 3.8) is 0 Å². The molecule has 94 valence electrons. The summed E-state index contributed by atoms with van der Waals surface area (Å²) in [6.07, 6.45) is -2.25. The van der Waals surface area contributed by atoms with Crippen LogP contribution in [-0.4, -0.2) is 24.7 Å². The number of carbonyl (C=O) groups excluding carboxylic acids is 1. The number of ether oxygens (including phenoxy) is 2. The molecule has 1 heterocycles. The highest BCUT2D eigenvalue weighted by Gasteiger charge is 2.26. The minimum atomic E-state index is -3.11. The molecule has 0 radical (unpaired) electrons. The van der Waals surface area contributed by atoms with Crippen molar-refractivity contribution in [3.05, 3.63) is 23.3 Å². The highest BCUT2D eigenvalue weighted by atomic mass is 19.3. The Kier molecular flexibility index (Phi) is 4.30. The number of rotatable bonds is 4. The van der Waals surface area contributed by atoms with Crippen molar-refractivity contribution in [2.75, 3.05) is 13.7 Å². The normalized spacial score (nSPS) is 10.5. The number of carbonyl (C=O) groups is 1. The number of alkyl halides is 2. The first-order valence-electron chi connectivity index (χ1n) is 4.70. The maximum atomic E-state index is 13.6. The van der Waals surface area contributed by atoms with Crippen LogP contribution in [0, 0.1) is 5.82 Å². The van der Waals surface area contributed by atoms with Crippen LogP contribution in [0.5, 0.6) is 5.75 Å². The lowest BCUT2D eigenvalue weighted by molar-refractivity contribution is 0.0511. The summed E-state index contributed by atoms with van der Waals surface area (Å²) in [4.78, 5) is 14.6. The van der Waals surface area contributed by atoms with Crippen molar-refractivity contribution in [3.8, 4) is 5.75 Å². The van der Waals surface area contributed by atoms with E-state index in [1.807, 2.05) is 0 Å². The van der Waals surface area contributed by atoms with Gasteiger partial charge >= 0.3 is 5.97 Å². The first kappa shape index (κ1) is 13.3. The lowest BCUT2D eigenvalue weighted by Crippen LogP contribution is -2.12. The van der Waals surface area contributed by atoms with E-state index >= 15 is 0 Å². The van der Waals surface area contributed by atoms with Crippen LogP contribution in [0.2, 0.25) is 0 Å². The Morgan fingerprint density at radius 2 is 2.18 bits per heavy atom. The van der Waals surface area contributed by atoms with E-state index in [9.17, 15) is 18.0 Å². The van der Waals surface area contributed by atoms with Crippen molar-refractivity contribution in [2.45, 2.75) is 13.3 Å². The Morgan fingerprint density at radius 1 is 1.53 bits per heavy atom. The summed E-state index contributed by atoms with van der Waals surface area (Å²) in [5.41, 5.74) is -1.77. The summed E-state index contributed by atoms with van der Waals surface area (Å²) in [6.45, 7) is 1.50.